The predicted molar refractivity (Wildman–Crippen MR) is 31.2 cm³/mol. The van der Waals surface area contributed by atoms with Gasteiger partial charge in [-0.2, -0.15) is 0 Å². The van der Waals surface area contributed by atoms with Crippen LogP contribution >= 0.6 is 0 Å². The molecule has 58 valence electrons. The molecule has 2 amide bonds. The topological polar surface area (TPSA) is 122 Å². The summed E-state index contributed by atoms with van der Waals surface area (Å²) in [6.07, 6.45) is 0. The van der Waals surface area contributed by atoms with Gasteiger partial charge in [0.25, 0.3) is 0 Å². The summed E-state index contributed by atoms with van der Waals surface area (Å²) < 4.78 is 0. The Kier molecular flexibility index (Phi) is 3.15. The van der Waals surface area contributed by atoms with E-state index in [9.17, 15) is 9.59 Å². The Bertz CT molecular complexity index is 147. The van der Waals surface area contributed by atoms with E-state index in [2.05, 4.69) is 5.84 Å². The summed E-state index contributed by atoms with van der Waals surface area (Å²) in [5.41, 5.74) is 1.67. The van der Waals surface area contributed by atoms with Crippen LogP contribution in [-0.4, -0.2) is 28.7 Å². The van der Waals surface area contributed by atoms with Crippen LogP contribution in [0.2, 0.25) is 0 Å². The van der Waals surface area contributed by atoms with Gasteiger partial charge in [-0.1, -0.05) is 0 Å². The van der Waals surface area contributed by atoms with E-state index in [4.69, 9.17) is 10.9 Å². The number of rotatable bonds is 2. The van der Waals surface area contributed by atoms with Gasteiger partial charge in [-0.15, -0.1) is 0 Å². The van der Waals surface area contributed by atoms with Crippen molar-refractivity contribution in [3.05, 3.63) is 0 Å². The normalized spacial score (nSPS) is 8.60. The maximum atomic E-state index is 10.3. The fourth-order valence-corrected chi connectivity index (χ4v) is 0.300. The van der Waals surface area contributed by atoms with Gasteiger partial charge in [0.1, 0.15) is 6.54 Å². The van der Waals surface area contributed by atoms with Gasteiger partial charge in [0.05, 0.1) is 0 Å². The lowest BCUT2D eigenvalue weighted by Crippen LogP contribution is -2.49. The average Bonchev–Trinajstić information content (AvgIpc) is 1.85. The molecule has 0 spiro atoms. The third-order valence-corrected chi connectivity index (χ3v) is 0.690. The molecule has 0 heterocycles. The average molecular weight is 148 g/mol. The number of amides is 2. The molecule has 0 saturated heterocycles. The van der Waals surface area contributed by atoms with Crippen LogP contribution in [0.3, 0.4) is 0 Å². The minimum atomic E-state index is -1.20. The van der Waals surface area contributed by atoms with Gasteiger partial charge >= 0.3 is 12.0 Å². The fraction of sp³-hybridized carbons (Fsp3) is 0.333. The van der Waals surface area contributed by atoms with Crippen molar-refractivity contribution in [2.75, 3.05) is 6.54 Å². The predicted octanol–water partition coefficient (Wildman–Crippen LogP) is -2.17. The highest BCUT2D eigenvalue weighted by Crippen LogP contribution is 1.76. The van der Waals surface area contributed by atoms with Crippen LogP contribution in [0.4, 0.5) is 4.79 Å². The first kappa shape index (κ1) is 8.66. The highest BCUT2D eigenvalue weighted by molar-refractivity contribution is 5.78. The molecule has 6 N–H and O–H groups in total. The van der Waals surface area contributed by atoms with E-state index in [1.165, 1.54) is 0 Å². The molecule has 0 aromatic carbocycles. The van der Waals surface area contributed by atoms with Gasteiger partial charge in [0.15, 0.2) is 0 Å². The van der Waals surface area contributed by atoms with Crippen LogP contribution in [0.1, 0.15) is 0 Å². The summed E-state index contributed by atoms with van der Waals surface area (Å²) in [6.45, 7) is -0.580. The number of urea groups is 1. The van der Waals surface area contributed by atoms with Crippen LogP contribution in [0.5, 0.6) is 0 Å². The van der Waals surface area contributed by atoms with E-state index in [-0.39, 0.29) is 0 Å². The fourth-order valence-electron chi connectivity index (χ4n) is 0.300. The summed E-state index contributed by atoms with van der Waals surface area (Å²) in [5.74, 6) is 8.32. The molecule has 0 aromatic heterocycles. The van der Waals surface area contributed by atoms with Crippen molar-refractivity contribution in [2.45, 2.75) is 0 Å². The SMILES string of the molecule is NNC(=O)N(N)CC(=O)O. The minimum absolute atomic E-state index is 0.447. The number of hydrogen-bond donors (Lipinski definition) is 4. The monoisotopic (exact) mass is 148 g/mol. The molecule has 0 saturated carbocycles. The van der Waals surface area contributed by atoms with Crippen molar-refractivity contribution in [3.63, 3.8) is 0 Å². The molecular weight excluding hydrogens is 140 g/mol. The van der Waals surface area contributed by atoms with Gasteiger partial charge in [-0.3, -0.25) is 15.2 Å². The number of nitrogens with one attached hydrogen (secondary N) is 1. The number of hydrogen-bond acceptors (Lipinski definition) is 4. The highest BCUT2D eigenvalue weighted by atomic mass is 16.4. The molecule has 0 aliphatic heterocycles. The molecule has 7 heteroatoms. The van der Waals surface area contributed by atoms with E-state index >= 15 is 0 Å². The molecule has 0 unspecified atom stereocenters. The molecule has 0 fully saturated rings. The molecule has 0 aliphatic rings. The number of carbonyl (C=O) groups is 2. The van der Waals surface area contributed by atoms with Crippen molar-refractivity contribution in [1.29, 1.82) is 0 Å². The molecule has 10 heavy (non-hydrogen) atoms. The van der Waals surface area contributed by atoms with E-state index in [0.717, 1.165) is 0 Å². The van der Waals surface area contributed by atoms with Crippen molar-refractivity contribution in [2.24, 2.45) is 11.7 Å². The zero-order chi connectivity index (χ0) is 8.15. The quantitative estimate of drug-likeness (QED) is 0.202. The van der Waals surface area contributed by atoms with Gasteiger partial charge in [-0.05, 0) is 0 Å². The Hall–Kier alpha value is -1.34. The third kappa shape index (κ3) is 2.84. The Morgan fingerprint density at radius 2 is 2.10 bits per heavy atom. The molecule has 0 rings (SSSR count). The standard InChI is InChI=1S/C3H8N4O3/c4-6-3(10)7(5)1-2(8)9/h1,4-5H2,(H,6,10)(H,8,9). The molecule has 0 aromatic rings. The van der Waals surface area contributed by atoms with Gasteiger partial charge in [-0.25, -0.2) is 16.5 Å². The molecule has 0 radical (unpaired) electrons. The van der Waals surface area contributed by atoms with E-state index < -0.39 is 18.5 Å². The smallest absolute Gasteiger partial charge is 0.346 e. The lowest BCUT2D eigenvalue weighted by Gasteiger charge is -2.11. The van der Waals surface area contributed by atoms with Crippen molar-refractivity contribution < 1.29 is 14.7 Å². The molecule has 7 nitrogen and oxygen atoms in total. The molecule has 0 atom stereocenters. The summed E-state index contributed by atoms with van der Waals surface area (Å²) >= 11 is 0. The number of carboxylic acid groups (broad SMARTS) is 1. The second kappa shape index (κ2) is 3.64. The van der Waals surface area contributed by atoms with Crippen LogP contribution in [-0.2, 0) is 4.79 Å². The number of hydrazine groups is 2. The Labute approximate surface area is 56.5 Å². The first-order chi connectivity index (χ1) is 4.57. The summed E-state index contributed by atoms with van der Waals surface area (Å²) in [4.78, 5) is 20.2. The van der Waals surface area contributed by atoms with Gasteiger partial charge < -0.3 is 5.11 Å². The first-order valence-electron chi connectivity index (χ1n) is 2.32. The first-order valence-corrected chi connectivity index (χ1v) is 2.32. The minimum Gasteiger partial charge on any atom is -0.480 e. The van der Waals surface area contributed by atoms with E-state index in [1.807, 2.05) is 0 Å². The third-order valence-electron chi connectivity index (χ3n) is 0.690. The van der Waals surface area contributed by atoms with Gasteiger partial charge in [0, 0.05) is 0 Å². The van der Waals surface area contributed by atoms with Gasteiger partial charge in [0.2, 0.25) is 0 Å². The maximum absolute atomic E-state index is 10.3. The molecule has 0 aliphatic carbocycles. The largest absolute Gasteiger partial charge is 0.480 e. The van der Waals surface area contributed by atoms with Crippen molar-refractivity contribution in [3.8, 4) is 0 Å². The number of aliphatic carboxylic acids is 1. The molecule has 0 bridgehead atoms. The van der Waals surface area contributed by atoms with E-state index in [0.29, 0.717) is 5.01 Å². The number of carbonyl (C=O) groups excluding carboxylic acids is 1. The second-order valence-corrected chi connectivity index (χ2v) is 1.47. The lowest BCUT2D eigenvalue weighted by atomic mass is 10.6. The van der Waals surface area contributed by atoms with Crippen LogP contribution < -0.4 is 17.1 Å². The number of carboxylic acids is 1. The second-order valence-electron chi connectivity index (χ2n) is 1.47. The van der Waals surface area contributed by atoms with Crippen molar-refractivity contribution >= 4 is 12.0 Å². The molecular formula is C3H8N4O3. The summed E-state index contributed by atoms with van der Waals surface area (Å²) in [7, 11) is 0. The zero-order valence-corrected chi connectivity index (χ0v) is 5.07. The van der Waals surface area contributed by atoms with Crippen LogP contribution in [0.15, 0.2) is 0 Å². The number of nitrogens with zero attached hydrogens (tertiary/aromatic N) is 1. The van der Waals surface area contributed by atoms with Crippen LogP contribution in [0, 0.1) is 0 Å². The summed E-state index contributed by atoms with van der Waals surface area (Å²) in [6, 6.07) is -0.845. The summed E-state index contributed by atoms with van der Waals surface area (Å²) in [5, 5.41) is 8.53. The zero-order valence-electron chi connectivity index (χ0n) is 5.07. The Morgan fingerprint density at radius 1 is 1.60 bits per heavy atom. The Morgan fingerprint density at radius 3 is 2.40 bits per heavy atom. The lowest BCUT2D eigenvalue weighted by molar-refractivity contribution is -0.137. The maximum Gasteiger partial charge on any atom is 0.346 e. The van der Waals surface area contributed by atoms with Crippen LogP contribution in [0.25, 0.3) is 0 Å². The van der Waals surface area contributed by atoms with Crippen molar-refractivity contribution in [1.82, 2.24) is 10.4 Å². The Balaban J connectivity index is 3.72. The number of nitrogens with two attached hydrogens (primary N) is 2. The highest BCUT2D eigenvalue weighted by Gasteiger charge is 2.09. The van der Waals surface area contributed by atoms with E-state index in [1.54, 1.807) is 5.43 Å².